The normalized spacial score (nSPS) is 14.7. The molecule has 34 heavy (non-hydrogen) atoms. The molecule has 0 saturated carbocycles. The van der Waals surface area contributed by atoms with Crippen molar-refractivity contribution in [3.63, 3.8) is 0 Å². The maximum absolute atomic E-state index is 13.1. The number of primary amides is 1. The van der Waals surface area contributed by atoms with Crippen molar-refractivity contribution in [2.24, 2.45) is 5.73 Å². The number of ether oxygens (including phenoxy) is 1. The predicted octanol–water partition coefficient (Wildman–Crippen LogP) is 2.54. The number of sulfonamides is 1. The van der Waals surface area contributed by atoms with Crippen LogP contribution in [-0.4, -0.2) is 59.7 Å². The Kier molecular flexibility index (Phi) is 7.47. The molecule has 3 aromatic rings. The summed E-state index contributed by atoms with van der Waals surface area (Å²) in [6, 6.07) is 13.8. The molecule has 2 aromatic carbocycles. The van der Waals surface area contributed by atoms with E-state index in [2.05, 4.69) is 16.8 Å². The van der Waals surface area contributed by atoms with Gasteiger partial charge in [0.2, 0.25) is 15.9 Å². The highest BCUT2D eigenvalue weighted by Gasteiger charge is 2.27. The molecule has 1 fully saturated rings. The molecule has 0 aliphatic carbocycles. The number of thioether (sulfide) groups is 1. The van der Waals surface area contributed by atoms with E-state index in [0.29, 0.717) is 60.7 Å². The molecule has 4 rings (SSSR count). The number of allylic oxidation sites excluding steroid dienone is 1. The number of hydrogen-bond donors (Lipinski definition) is 1. The summed E-state index contributed by atoms with van der Waals surface area (Å²) in [5.74, 6) is 0.706. The predicted molar refractivity (Wildman–Crippen MR) is 130 cm³/mol. The molecular weight excluding hydrogens is 474 g/mol. The Morgan fingerprint density at radius 2 is 1.88 bits per heavy atom. The fourth-order valence-corrected chi connectivity index (χ4v) is 5.91. The lowest BCUT2D eigenvalue weighted by atomic mass is 10.1. The summed E-state index contributed by atoms with van der Waals surface area (Å²) in [4.78, 5) is 11.5. The van der Waals surface area contributed by atoms with Gasteiger partial charge in [0.15, 0.2) is 11.0 Å². The number of carbonyl (C=O) groups excluding carboxylic acids is 1. The number of amides is 1. The second-order valence-electron chi connectivity index (χ2n) is 7.60. The van der Waals surface area contributed by atoms with Crippen LogP contribution in [0.1, 0.15) is 15.9 Å². The number of hydrogen-bond acceptors (Lipinski definition) is 7. The molecule has 11 heteroatoms. The van der Waals surface area contributed by atoms with Gasteiger partial charge in [-0.25, -0.2) is 8.42 Å². The maximum Gasteiger partial charge on any atom is 0.248 e. The molecule has 1 aliphatic heterocycles. The fourth-order valence-electron chi connectivity index (χ4n) is 3.55. The molecule has 9 nitrogen and oxygen atoms in total. The average Bonchev–Trinajstić information content (AvgIpc) is 3.26. The first-order valence-electron chi connectivity index (χ1n) is 10.6. The molecule has 0 atom stereocenters. The molecule has 0 radical (unpaired) electrons. The number of benzene rings is 2. The second-order valence-corrected chi connectivity index (χ2v) is 10.5. The Hall–Kier alpha value is -2.99. The van der Waals surface area contributed by atoms with E-state index in [1.165, 1.54) is 16.1 Å². The Balaban J connectivity index is 1.58. The van der Waals surface area contributed by atoms with Crippen molar-refractivity contribution in [3.8, 4) is 11.4 Å². The molecule has 2 N–H and O–H groups in total. The van der Waals surface area contributed by atoms with Crippen LogP contribution in [0.15, 0.2) is 71.2 Å². The van der Waals surface area contributed by atoms with Crippen LogP contribution in [0.5, 0.6) is 0 Å². The molecule has 0 spiro atoms. The molecule has 2 heterocycles. The van der Waals surface area contributed by atoms with E-state index in [0.717, 1.165) is 5.56 Å². The van der Waals surface area contributed by atoms with Crippen molar-refractivity contribution in [2.75, 3.05) is 26.3 Å². The van der Waals surface area contributed by atoms with Crippen molar-refractivity contribution in [1.29, 1.82) is 0 Å². The van der Waals surface area contributed by atoms with Gasteiger partial charge in [0, 0.05) is 36.5 Å². The van der Waals surface area contributed by atoms with Gasteiger partial charge in [-0.05, 0) is 29.8 Å². The molecular formula is C23H25N5O4S2. The zero-order valence-electron chi connectivity index (χ0n) is 18.5. The standard InChI is InChI=1S/C23H25N5O4S2/c1-2-10-28-22(25-26-23(28)33-16-17-6-8-18(9-7-17)21(24)29)19-4-3-5-20(15-19)34(30,31)27-11-13-32-14-12-27/h2-9,15H,1,10-14,16H2,(H2,24,29). The Labute approximate surface area is 202 Å². The molecule has 0 bridgehead atoms. The van der Waals surface area contributed by atoms with Crippen molar-refractivity contribution in [1.82, 2.24) is 19.1 Å². The fraction of sp³-hybridized carbons (Fsp3) is 0.261. The number of morpholine rings is 1. The first-order valence-corrected chi connectivity index (χ1v) is 13.1. The van der Waals surface area contributed by atoms with E-state index in [1.807, 2.05) is 22.8 Å². The third-order valence-corrected chi connectivity index (χ3v) is 8.27. The molecule has 1 amide bonds. The third kappa shape index (κ3) is 5.22. The highest BCUT2D eigenvalue weighted by Crippen LogP contribution is 2.28. The van der Waals surface area contributed by atoms with E-state index in [9.17, 15) is 13.2 Å². The largest absolute Gasteiger partial charge is 0.379 e. The van der Waals surface area contributed by atoms with Crippen LogP contribution >= 0.6 is 11.8 Å². The van der Waals surface area contributed by atoms with Crippen LogP contribution in [0, 0.1) is 0 Å². The summed E-state index contributed by atoms with van der Waals surface area (Å²) in [7, 11) is -3.63. The highest BCUT2D eigenvalue weighted by atomic mass is 32.2. The number of rotatable bonds is 9. The quantitative estimate of drug-likeness (QED) is 0.355. The van der Waals surface area contributed by atoms with Gasteiger partial charge in [-0.15, -0.1) is 16.8 Å². The van der Waals surface area contributed by atoms with Gasteiger partial charge in [-0.2, -0.15) is 4.31 Å². The Morgan fingerprint density at radius 3 is 2.56 bits per heavy atom. The zero-order valence-corrected chi connectivity index (χ0v) is 20.1. The van der Waals surface area contributed by atoms with Gasteiger partial charge in [0.05, 0.1) is 18.1 Å². The number of nitrogens with zero attached hydrogens (tertiary/aromatic N) is 4. The van der Waals surface area contributed by atoms with Crippen molar-refractivity contribution >= 4 is 27.7 Å². The van der Waals surface area contributed by atoms with E-state index >= 15 is 0 Å². The van der Waals surface area contributed by atoms with Gasteiger partial charge in [-0.1, -0.05) is 42.1 Å². The van der Waals surface area contributed by atoms with E-state index in [1.54, 1.807) is 36.4 Å². The van der Waals surface area contributed by atoms with Crippen molar-refractivity contribution < 1.29 is 17.9 Å². The Bertz CT molecular complexity index is 1280. The van der Waals surface area contributed by atoms with E-state index < -0.39 is 15.9 Å². The van der Waals surface area contributed by atoms with Crippen LogP contribution in [0.2, 0.25) is 0 Å². The van der Waals surface area contributed by atoms with Gasteiger partial charge in [0.25, 0.3) is 0 Å². The molecule has 1 saturated heterocycles. The highest BCUT2D eigenvalue weighted by molar-refractivity contribution is 7.98. The first kappa shape index (κ1) is 24.1. The maximum atomic E-state index is 13.1. The zero-order chi connectivity index (χ0) is 24.1. The molecule has 178 valence electrons. The van der Waals surface area contributed by atoms with E-state index in [4.69, 9.17) is 10.5 Å². The minimum absolute atomic E-state index is 0.212. The first-order chi connectivity index (χ1) is 16.4. The Morgan fingerprint density at radius 1 is 1.15 bits per heavy atom. The lowest BCUT2D eigenvalue weighted by molar-refractivity contribution is 0.0730. The van der Waals surface area contributed by atoms with Crippen molar-refractivity contribution in [3.05, 3.63) is 72.3 Å². The minimum atomic E-state index is -3.63. The SMILES string of the molecule is C=CCn1c(SCc2ccc(C(N)=O)cc2)nnc1-c1cccc(S(=O)(=O)N2CCOCC2)c1. The topological polar surface area (TPSA) is 120 Å². The summed E-state index contributed by atoms with van der Waals surface area (Å²) >= 11 is 1.49. The van der Waals surface area contributed by atoms with Gasteiger partial charge >= 0.3 is 0 Å². The van der Waals surface area contributed by atoms with Crippen LogP contribution in [0.25, 0.3) is 11.4 Å². The summed E-state index contributed by atoms with van der Waals surface area (Å²) in [6.45, 7) is 5.74. The summed E-state index contributed by atoms with van der Waals surface area (Å²) in [6.07, 6.45) is 1.74. The molecule has 1 aromatic heterocycles. The van der Waals surface area contributed by atoms with Crippen LogP contribution < -0.4 is 5.73 Å². The summed E-state index contributed by atoms with van der Waals surface area (Å²) in [5, 5.41) is 9.35. The smallest absolute Gasteiger partial charge is 0.248 e. The lowest BCUT2D eigenvalue weighted by Gasteiger charge is -2.26. The minimum Gasteiger partial charge on any atom is -0.379 e. The summed E-state index contributed by atoms with van der Waals surface area (Å²) < 4.78 is 34.8. The molecule has 1 aliphatic rings. The third-order valence-electron chi connectivity index (χ3n) is 5.33. The molecule has 0 unspecified atom stereocenters. The van der Waals surface area contributed by atoms with Crippen LogP contribution in [0.3, 0.4) is 0 Å². The van der Waals surface area contributed by atoms with E-state index in [-0.39, 0.29) is 4.90 Å². The van der Waals surface area contributed by atoms with Gasteiger partial charge in [-0.3, -0.25) is 9.36 Å². The summed E-state index contributed by atoms with van der Waals surface area (Å²) in [5.41, 5.74) is 7.41. The number of carbonyl (C=O) groups is 1. The monoisotopic (exact) mass is 499 g/mol. The number of nitrogens with two attached hydrogens (primary N) is 1. The average molecular weight is 500 g/mol. The van der Waals surface area contributed by atoms with Crippen molar-refractivity contribution in [2.45, 2.75) is 22.3 Å². The van der Waals surface area contributed by atoms with Gasteiger partial charge < -0.3 is 10.5 Å². The van der Waals surface area contributed by atoms with Gasteiger partial charge in [0.1, 0.15) is 0 Å². The number of aromatic nitrogens is 3. The van der Waals surface area contributed by atoms with Crippen LogP contribution in [-0.2, 0) is 27.1 Å². The second kappa shape index (κ2) is 10.5. The van der Waals surface area contributed by atoms with Crippen LogP contribution in [0.4, 0.5) is 0 Å². The lowest BCUT2D eigenvalue weighted by Crippen LogP contribution is -2.40.